The molecule has 0 aliphatic carbocycles. The molecule has 1 unspecified atom stereocenters. The lowest BCUT2D eigenvalue weighted by atomic mass is 10.2. The molecule has 0 saturated carbocycles. The number of nitrogens with two attached hydrogens (primary N) is 1. The minimum absolute atomic E-state index is 0.114. The van der Waals surface area contributed by atoms with E-state index in [9.17, 15) is 0 Å². The van der Waals surface area contributed by atoms with E-state index in [1.54, 1.807) is 20.3 Å². The van der Waals surface area contributed by atoms with Gasteiger partial charge in [-0.15, -0.1) is 0 Å². The summed E-state index contributed by atoms with van der Waals surface area (Å²) in [5.74, 6) is 1.61. The molecule has 1 saturated heterocycles. The summed E-state index contributed by atoms with van der Waals surface area (Å²) in [5, 5.41) is 0. The van der Waals surface area contributed by atoms with E-state index in [0.29, 0.717) is 22.7 Å². The third kappa shape index (κ3) is 3.70. The summed E-state index contributed by atoms with van der Waals surface area (Å²) >= 11 is 5.05. The predicted molar refractivity (Wildman–Crippen MR) is 85.2 cm³/mol. The third-order valence-corrected chi connectivity index (χ3v) is 3.98. The minimum atomic E-state index is 0.114. The first-order valence-electron chi connectivity index (χ1n) is 6.80. The Labute approximate surface area is 130 Å². The van der Waals surface area contributed by atoms with Crippen LogP contribution in [0.3, 0.4) is 0 Å². The fraction of sp³-hybridized carbons (Fsp3) is 0.615. The standard InChI is InChI=1S/C13H21N5O2S/c1-9(12(14)21)17-4-6-18(7-5-17)13-15-10(19-2)8-11(16-13)20-3/h8-9H,4-7H2,1-3H3,(H2,14,21). The molecule has 1 fully saturated rings. The van der Waals surface area contributed by atoms with E-state index in [1.807, 2.05) is 6.92 Å². The minimum Gasteiger partial charge on any atom is -0.481 e. The van der Waals surface area contributed by atoms with Crippen LogP contribution >= 0.6 is 12.2 Å². The smallest absolute Gasteiger partial charge is 0.232 e. The molecule has 0 bridgehead atoms. The lowest BCUT2D eigenvalue weighted by Gasteiger charge is -2.37. The quantitative estimate of drug-likeness (QED) is 0.778. The van der Waals surface area contributed by atoms with E-state index >= 15 is 0 Å². The van der Waals surface area contributed by atoms with Gasteiger partial charge in [0.05, 0.1) is 31.3 Å². The highest BCUT2D eigenvalue weighted by atomic mass is 32.1. The van der Waals surface area contributed by atoms with Crippen LogP contribution in [0.2, 0.25) is 0 Å². The first kappa shape index (κ1) is 15.7. The van der Waals surface area contributed by atoms with Gasteiger partial charge in [-0.25, -0.2) is 0 Å². The van der Waals surface area contributed by atoms with Crippen molar-refractivity contribution in [2.24, 2.45) is 5.73 Å². The summed E-state index contributed by atoms with van der Waals surface area (Å²) in [6.07, 6.45) is 0. The van der Waals surface area contributed by atoms with E-state index in [0.717, 1.165) is 26.2 Å². The van der Waals surface area contributed by atoms with Crippen molar-refractivity contribution in [2.45, 2.75) is 13.0 Å². The Morgan fingerprint density at radius 1 is 1.19 bits per heavy atom. The fourth-order valence-electron chi connectivity index (χ4n) is 2.23. The Bertz CT molecular complexity index is 483. The Hall–Kier alpha value is -1.67. The number of aromatic nitrogens is 2. The number of ether oxygens (including phenoxy) is 2. The second-order valence-electron chi connectivity index (χ2n) is 4.85. The molecule has 2 heterocycles. The van der Waals surface area contributed by atoms with E-state index < -0.39 is 0 Å². The summed E-state index contributed by atoms with van der Waals surface area (Å²) in [6, 6.07) is 1.78. The van der Waals surface area contributed by atoms with E-state index in [4.69, 9.17) is 27.4 Å². The van der Waals surface area contributed by atoms with E-state index in [1.165, 1.54) is 0 Å². The Kier molecular flexibility index (Phi) is 5.13. The Morgan fingerprint density at radius 3 is 2.14 bits per heavy atom. The van der Waals surface area contributed by atoms with Crippen LogP contribution in [0.25, 0.3) is 0 Å². The molecule has 1 aliphatic rings. The molecular weight excluding hydrogens is 290 g/mol. The number of anilines is 1. The Morgan fingerprint density at radius 2 is 1.71 bits per heavy atom. The summed E-state index contributed by atoms with van der Waals surface area (Å²) in [5.41, 5.74) is 5.71. The van der Waals surface area contributed by atoms with Crippen LogP contribution in [0, 0.1) is 0 Å². The second kappa shape index (κ2) is 6.86. The van der Waals surface area contributed by atoms with Gasteiger partial charge < -0.3 is 20.1 Å². The molecule has 8 heteroatoms. The SMILES string of the molecule is COc1cc(OC)nc(N2CCN(C(C)C(N)=S)CC2)n1. The maximum atomic E-state index is 5.71. The van der Waals surface area contributed by atoms with Crippen molar-refractivity contribution in [2.75, 3.05) is 45.3 Å². The van der Waals surface area contributed by atoms with Crippen LogP contribution in [0.15, 0.2) is 6.07 Å². The number of thiocarbonyl (C=S) groups is 1. The van der Waals surface area contributed by atoms with Crippen molar-refractivity contribution >= 4 is 23.2 Å². The van der Waals surface area contributed by atoms with Crippen molar-refractivity contribution in [3.8, 4) is 11.8 Å². The molecule has 21 heavy (non-hydrogen) atoms. The molecule has 2 rings (SSSR count). The normalized spacial score (nSPS) is 17.4. The lowest BCUT2D eigenvalue weighted by Crippen LogP contribution is -2.53. The molecule has 0 aromatic carbocycles. The van der Waals surface area contributed by atoms with Crippen molar-refractivity contribution in [3.63, 3.8) is 0 Å². The number of hydrogen-bond donors (Lipinski definition) is 1. The van der Waals surface area contributed by atoms with Gasteiger partial charge in [0.25, 0.3) is 0 Å². The van der Waals surface area contributed by atoms with Gasteiger partial charge in [0.15, 0.2) is 0 Å². The highest BCUT2D eigenvalue weighted by Gasteiger charge is 2.24. The fourth-order valence-corrected chi connectivity index (χ4v) is 2.38. The number of hydrogen-bond acceptors (Lipinski definition) is 7. The topological polar surface area (TPSA) is 76.7 Å². The van der Waals surface area contributed by atoms with Crippen LogP contribution in [-0.4, -0.2) is 66.3 Å². The number of methoxy groups -OCH3 is 2. The first-order chi connectivity index (χ1) is 10.0. The van der Waals surface area contributed by atoms with Gasteiger partial charge in [0, 0.05) is 26.2 Å². The van der Waals surface area contributed by atoms with Crippen LogP contribution in [-0.2, 0) is 0 Å². The number of nitrogens with zero attached hydrogens (tertiary/aromatic N) is 4. The molecule has 0 spiro atoms. The first-order valence-corrected chi connectivity index (χ1v) is 7.21. The largest absolute Gasteiger partial charge is 0.481 e. The Balaban J connectivity index is 2.06. The van der Waals surface area contributed by atoms with Crippen molar-refractivity contribution in [3.05, 3.63) is 6.07 Å². The van der Waals surface area contributed by atoms with Gasteiger partial charge in [0.1, 0.15) is 0 Å². The van der Waals surface area contributed by atoms with Crippen LogP contribution in [0.4, 0.5) is 5.95 Å². The van der Waals surface area contributed by atoms with Crippen LogP contribution in [0.5, 0.6) is 11.8 Å². The van der Waals surface area contributed by atoms with Gasteiger partial charge in [0.2, 0.25) is 17.7 Å². The van der Waals surface area contributed by atoms with Gasteiger partial charge >= 0.3 is 0 Å². The average Bonchev–Trinajstić information content (AvgIpc) is 2.53. The highest BCUT2D eigenvalue weighted by molar-refractivity contribution is 7.80. The number of rotatable bonds is 5. The zero-order valence-electron chi connectivity index (χ0n) is 12.6. The summed E-state index contributed by atoms with van der Waals surface area (Å²) in [6.45, 7) is 5.37. The van der Waals surface area contributed by atoms with E-state index in [2.05, 4.69) is 19.8 Å². The zero-order chi connectivity index (χ0) is 15.4. The average molecular weight is 311 g/mol. The molecular formula is C13H21N5O2S. The van der Waals surface area contributed by atoms with Crippen molar-refractivity contribution in [1.82, 2.24) is 14.9 Å². The molecule has 0 radical (unpaired) electrons. The predicted octanol–water partition coefficient (Wildman–Crippen LogP) is 0.290. The molecule has 1 atom stereocenters. The molecule has 7 nitrogen and oxygen atoms in total. The second-order valence-corrected chi connectivity index (χ2v) is 5.33. The molecule has 1 aromatic rings. The maximum Gasteiger partial charge on any atom is 0.232 e. The highest BCUT2D eigenvalue weighted by Crippen LogP contribution is 2.21. The van der Waals surface area contributed by atoms with Crippen molar-refractivity contribution < 1.29 is 9.47 Å². The third-order valence-electron chi connectivity index (χ3n) is 3.64. The molecule has 1 aliphatic heterocycles. The molecule has 1 aromatic heterocycles. The van der Waals surface area contributed by atoms with Crippen LogP contribution < -0.4 is 20.1 Å². The number of piperazine rings is 1. The van der Waals surface area contributed by atoms with Gasteiger partial charge in [-0.05, 0) is 6.92 Å². The molecule has 2 N–H and O–H groups in total. The van der Waals surface area contributed by atoms with Gasteiger partial charge in [-0.3, -0.25) is 4.90 Å². The summed E-state index contributed by atoms with van der Waals surface area (Å²) < 4.78 is 10.4. The summed E-state index contributed by atoms with van der Waals surface area (Å²) in [7, 11) is 3.15. The van der Waals surface area contributed by atoms with Gasteiger partial charge in [-0.1, -0.05) is 12.2 Å². The summed E-state index contributed by atoms with van der Waals surface area (Å²) in [4.78, 5) is 13.6. The monoisotopic (exact) mass is 311 g/mol. The maximum absolute atomic E-state index is 5.71. The zero-order valence-corrected chi connectivity index (χ0v) is 13.4. The molecule has 0 amide bonds. The lowest BCUT2D eigenvalue weighted by molar-refractivity contribution is 0.237. The van der Waals surface area contributed by atoms with Crippen LogP contribution in [0.1, 0.15) is 6.92 Å². The van der Waals surface area contributed by atoms with Gasteiger partial charge in [-0.2, -0.15) is 9.97 Å². The van der Waals surface area contributed by atoms with Crippen molar-refractivity contribution in [1.29, 1.82) is 0 Å². The van der Waals surface area contributed by atoms with E-state index in [-0.39, 0.29) is 6.04 Å². The molecule has 116 valence electrons.